The number of carbonyl (C=O) groups is 2. The minimum Gasteiger partial charge on any atom is -0.507 e. The van der Waals surface area contributed by atoms with Crippen molar-refractivity contribution in [3.8, 4) is 0 Å². The maximum Gasteiger partial charge on any atom is 0.295 e. The highest BCUT2D eigenvalue weighted by Gasteiger charge is 2.45. The second kappa shape index (κ2) is 8.18. The fourth-order valence-electron chi connectivity index (χ4n) is 3.34. The topological polar surface area (TPSA) is 66.8 Å². The van der Waals surface area contributed by atoms with Gasteiger partial charge in [-0.3, -0.25) is 9.59 Å². The molecule has 0 bridgehead atoms. The van der Waals surface area contributed by atoms with E-state index in [1.807, 2.05) is 49.4 Å². The van der Waals surface area contributed by atoms with Gasteiger partial charge in [0.15, 0.2) is 0 Å². The van der Waals surface area contributed by atoms with Gasteiger partial charge in [0, 0.05) is 25.8 Å². The normalized spacial score (nSPS) is 18.9. The van der Waals surface area contributed by atoms with Gasteiger partial charge in [-0.25, -0.2) is 0 Å². The minimum absolute atomic E-state index is 0.132. The molecule has 1 amide bonds. The summed E-state index contributed by atoms with van der Waals surface area (Å²) < 4.78 is 5.08. The fraction of sp³-hybridized carbons (Fsp3) is 0.273. The molecule has 0 unspecified atom stereocenters. The number of aliphatic hydroxyl groups is 1. The number of hydrogen-bond acceptors (Lipinski definition) is 4. The molecule has 1 fully saturated rings. The van der Waals surface area contributed by atoms with Crippen LogP contribution in [0.25, 0.3) is 5.76 Å². The molecule has 0 aliphatic carbocycles. The van der Waals surface area contributed by atoms with Gasteiger partial charge in [-0.15, -0.1) is 0 Å². The van der Waals surface area contributed by atoms with E-state index in [0.29, 0.717) is 25.1 Å². The molecular weight excluding hydrogens is 342 g/mol. The minimum atomic E-state index is -0.653. The third-order valence-electron chi connectivity index (χ3n) is 4.73. The molecule has 2 aromatic carbocycles. The number of methoxy groups -OCH3 is 1. The van der Waals surface area contributed by atoms with E-state index in [1.165, 1.54) is 4.90 Å². The Labute approximate surface area is 158 Å². The summed E-state index contributed by atoms with van der Waals surface area (Å²) in [5.74, 6) is -1.38. The molecule has 1 atom stereocenters. The van der Waals surface area contributed by atoms with Crippen LogP contribution in [0.4, 0.5) is 0 Å². The van der Waals surface area contributed by atoms with Gasteiger partial charge in [0.1, 0.15) is 5.76 Å². The zero-order chi connectivity index (χ0) is 19.4. The maximum atomic E-state index is 12.8. The smallest absolute Gasteiger partial charge is 0.295 e. The molecule has 1 aliphatic rings. The Balaban J connectivity index is 2.09. The lowest BCUT2D eigenvalue weighted by Crippen LogP contribution is -2.31. The standard InChI is InChI=1S/C22H23NO4/c1-15-9-11-17(12-10-15)20(24)18-19(16-7-4-3-5-8-16)23(13-6-14-27-2)22(26)21(18)25/h3-5,7-12,19,24H,6,13-14H2,1-2H3/b20-18+/t19-/m0/s1. The summed E-state index contributed by atoms with van der Waals surface area (Å²) in [6, 6.07) is 15.9. The summed E-state index contributed by atoms with van der Waals surface area (Å²) in [5.41, 5.74) is 2.50. The molecule has 3 rings (SSSR count). The van der Waals surface area contributed by atoms with Crippen LogP contribution in [0.5, 0.6) is 0 Å². The molecule has 27 heavy (non-hydrogen) atoms. The van der Waals surface area contributed by atoms with Crippen LogP contribution in [0, 0.1) is 6.92 Å². The highest BCUT2D eigenvalue weighted by Crippen LogP contribution is 2.39. The molecule has 0 radical (unpaired) electrons. The quantitative estimate of drug-likeness (QED) is 0.368. The molecule has 5 nitrogen and oxygen atoms in total. The zero-order valence-electron chi connectivity index (χ0n) is 15.5. The number of likely N-dealkylation sites (tertiary alicyclic amines) is 1. The van der Waals surface area contributed by atoms with E-state index < -0.39 is 17.7 Å². The van der Waals surface area contributed by atoms with E-state index >= 15 is 0 Å². The van der Waals surface area contributed by atoms with Gasteiger partial charge in [-0.2, -0.15) is 0 Å². The number of nitrogens with zero attached hydrogens (tertiary/aromatic N) is 1. The van der Waals surface area contributed by atoms with Gasteiger partial charge in [-0.05, 0) is 18.9 Å². The highest BCUT2D eigenvalue weighted by atomic mass is 16.5. The molecule has 0 spiro atoms. The van der Waals surface area contributed by atoms with Crippen molar-refractivity contribution in [2.75, 3.05) is 20.3 Å². The summed E-state index contributed by atoms with van der Waals surface area (Å²) in [4.78, 5) is 27.0. The summed E-state index contributed by atoms with van der Waals surface area (Å²) >= 11 is 0. The summed E-state index contributed by atoms with van der Waals surface area (Å²) in [7, 11) is 1.60. The Morgan fingerprint density at radius 2 is 1.74 bits per heavy atom. The Morgan fingerprint density at radius 1 is 1.07 bits per heavy atom. The van der Waals surface area contributed by atoms with Crippen molar-refractivity contribution in [1.82, 2.24) is 4.90 Å². The van der Waals surface area contributed by atoms with Crippen LogP contribution in [0.1, 0.15) is 29.2 Å². The third-order valence-corrected chi connectivity index (χ3v) is 4.73. The monoisotopic (exact) mass is 365 g/mol. The average molecular weight is 365 g/mol. The Kier molecular flexibility index (Phi) is 5.72. The van der Waals surface area contributed by atoms with Crippen molar-refractivity contribution < 1.29 is 19.4 Å². The molecular formula is C22H23NO4. The molecule has 1 saturated heterocycles. The van der Waals surface area contributed by atoms with Gasteiger partial charge in [-0.1, -0.05) is 60.2 Å². The van der Waals surface area contributed by atoms with Gasteiger partial charge in [0.2, 0.25) is 0 Å². The lowest BCUT2D eigenvalue weighted by Gasteiger charge is -2.25. The van der Waals surface area contributed by atoms with Crippen molar-refractivity contribution >= 4 is 17.4 Å². The molecule has 1 heterocycles. The summed E-state index contributed by atoms with van der Waals surface area (Å²) in [6.07, 6.45) is 0.609. The molecule has 2 aromatic rings. The summed E-state index contributed by atoms with van der Waals surface area (Å²) in [5, 5.41) is 10.9. The van der Waals surface area contributed by atoms with Crippen molar-refractivity contribution in [2.45, 2.75) is 19.4 Å². The second-order valence-electron chi connectivity index (χ2n) is 6.62. The van der Waals surface area contributed by atoms with E-state index in [1.54, 1.807) is 19.2 Å². The van der Waals surface area contributed by atoms with Crippen LogP contribution in [0.15, 0.2) is 60.2 Å². The Bertz CT molecular complexity index is 856. The van der Waals surface area contributed by atoms with Crippen LogP contribution in [-0.4, -0.2) is 42.0 Å². The number of Topliss-reactive ketones (excluding diaryl/α,β-unsaturated/α-hetero) is 1. The van der Waals surface area contributed by atoms with E-state index in [2.05, 4.69) is 0 Å². The number of ether oxygens (including phenoxy) is 1. The van der Waals surface area contributed by atoms with Crippen molar-refractivity contribution in [3.05, 3.63) is 76.9 Å². The number of benzene rings is 2. The van der Waals surface area contributed by atoms with Crippen LogP contribution in [-0.2, 0) is 14.3 Å². The van der Waals surface area contributed by atoms with E-state index in [0.717, 1.165) is 11.1 Å². The molecule has 140 valence electrons. The maximum absolute atomic E-state index is 12.8. The molecule has 5 heteroatoms. The number of carbonyl (C=O) groups excluding carboxylic acids is 2. The Morgan fingerprint density at radius 3 is 2.37 bits per heavy atom. The van der Waals surface area contributed by atoms with E-state index in [-0.39, 0.29) is 11.3 Å². The third kappa shape index (κ3) is 3.78. The first kappa shape index (κ1) is 18.9. The van der Waals surface area contributed by atoms with Gasteiger partial charge in [0.25, 0.3) is 11.7 Å². The van der Waals surface area contributed by atoms with Crippen molar-refractivity contribution in [3.63, 3.8) is 0 Å². The predicted molar refractivity (Wildman–Crippen MR) is 103 cm³/mol. The lowest BCUT2D eigenvalue weighted by atomic mass is 9.95. The van der Waals surface area contributed by atoms with Gasteiger partial charge < -0.3 is 14.7 Å². The van der Waals surface area contributed by atoms with Crippen LogP contribution >= 0.6 is 0 Å². The first-order valence-electron chi connectivity index (χ1n) is 8.94. The van der Waals surface area contributed by atoms with E-state index in [4.69, 9.17) is 4.74 Å². The van der Waals surface area contributed by atoms with Crippen molar-refractivity contribution in [1.29, 1.82) is 0 Å². The number of ketones is 1. The number of amides is 1. The Hall–Kier alpha value is -2.92. The first-order chi connectivity index (χ1) is 13.0. The number of hydrogen-bond donors (Lipinski definition) is 1. The largest absolute Gasteiger partial charge is 0.507 e. The number of aryl methyl sites for hydroxylation is 1. The van der Waals surface area contributed by atoms with Gasteiger partial charge >= 0.3 is 0 Å². The molecule has 0 saturated carbocycles. The molecule has 1 aliphatic heterocycles. The van der Waals surface area contributed by atoms with E-state index in [9.17, 15) is 14.7 Å². The first-order valence-corrected chi connectivity index (χ1v) is 8.94. The second-order valence-corrected chi connectivity index (χ2v) is 6.62. The van der Waals surface area contributed by atoms with Crippen LogP contribution in [0.2, 0.25) is 0 Å². The average Bonchev–Trinajstić information content (AvgIpc) is 2.94. The fourth-order valence-corrected chi connectivity index (χ4v) is 3.34. The number of rotatable bonds is 6. The van der Waals surface area contributed by atoms with Crippen molar-refractivity contribution in [2.24, 2.45) is 0 Å². The number of aliphatic hydroxyl groups excluding tert-OH is 1. The molecule has 0 aromatic heterocycles. The SMILES string of the molecule is COCCCN1C(=O)C(=O)/C(=C(/O)c2ccc(C)cc2)[C@@H]1c1ccccc1. The predicted octanol–water partition coefficient (Wildman–Crippen LogP) is 3.45. The highest BCUT2D eigenvalue weighted by molar-refractivity contribution is 6.46. The zero-order valence-corrected chi connectivity index (χ0v) is 15.5. The van der Waals surface area contributed by atoms with Crippen LogP contribution < -0.4 is 0 Å². The van der Waals surface area contributed by atoms with Crippen LogP contribution in [0.3, 0.4) is 0 Å². The lowest BCUT2D eigenvalue weighted by molar-refractivity contribution is -0.140. The summed E-state index contributed by atoms with van der Waals surface area (Å²) in [6.45, 7) is 2.81. The van der Waals surface area contributed by atoms with Gasteiger partial charge in [0.05, 0.1) is 11.6 Å². The molecule has 1 N–H and O–H groups in total.